The Labute approximate surface area is 97.8 Å². The number of aldehydes is 1. The fourth-order valence-electron chi connectivity index (χ4n) is 1.30. The number of aromatic nitrogens is 2. The Morgan fingerprint density at radius 1 is 1.31 bits per heavy atom. The van der Waals surface area contributed by atoms with Gasteiger partial charge in [0.25, 0.3) is 0 Å². The van der Waals surface area contributed by atoms with Crippen LogP contribution in [0, 0.1) is 17.8 Å². The third-order valence-electron chi connectivity index (χ3n) is 2.07. The van der Waals surface area contributed by atoms with Crippen molar-refractivity contribution >= 4 is 29.0 Å². The van der Waals surface area contributed by atoms with Crippen molar-refractivity contribution in [2.75, 3.05) is 0 Å². The molecule has 0 amide bonds. The van der Waals surface area contributed by atoms with Crippen LogP contribution in [0.3, 0.4) is 0 Å². The van der Waals surface area contributed by atoms with Gasteiger partial charge in [0.05, 0.1) is 17.3 Å². The lowest BCUT2D eigenvalue weighted by Gasteiger charge is -1.95. The average Bonchev–Trinajstić information content (AvgIpc) is 2.74. The van der Waals surface area contributed by atoms with Crippen molar-refractivity contribution in [2.45, 2.75) is 13.8 Å². The minimum absolute atomic E-state index is 0.312. The van der Waals surface area contributed by atoms with E-state index in [1.165, 1.54) is 0 Å². The molecular formula is C12H10N2OS. The van der Waals surface area contributed by atoms with E-state index in [1.54, 1.807) is 6.07 Å². The van der Waals surface area contributed by atoms with E-state index in [0.29, 0.717) is 17.0 Å². The van der Waals surface area contributed by atoms with Gasteiger partial charge < -0.3 is 0 Å². The number of carbonyl (C=O) groups excluding carboxylic acids is 1. The first kappa shape index (κ1) is 10.8. The number of hydrogen-bond acceptors (Lipinski definition) is 4. The third kappa shape index (κ3) is 1.95. The van der Waals surface area contributed by atoms with E-state index in [2.05, 4.69) is 20.6 Å². The van der Waals surface area contributed by atoms with Crippen LogP contribution in [0.25, 0.3) is 11.0 Å². The third-order valence-corrected chi connectivity index (χ3v) is 2.60. The van der Waals surface area contributed by atoms with Gasteiger partial charge in [0, 0.05) is 11.5 Å². The average molecular weight is 230 g/mol. The van der Waals surface area contributed by atoms with Crippen molar-refractivity contribution in [3.63, 3.8) is 0 Å². The maximum absolute atomic E-state index is 10.8. The molecule has 0 saturated carbocycles. The van der Waals surface area contributed by atoms with Gasteiger partial charge in [-0.05, 0) is 12.1 Å². The van der Waals surface area contributed by atoms with E-state index in [9.17, 15) is 4.79 Å². The number of rotatable bonds is 1. The summed E-state index contributed by atoms with van der Waals surface area (Å²) in [6, 6.07) is 3.56. The maximum Gasteiger partial charge on any atom is 0.152 e. The van der Waals surface area contributed by atoms with Crippen LogP contribution in [0.15, 0.2) is 12.1 Å². The van der Waals surface area contributed by atoms with Crippen LogP contribution in [0.5, 0.6) is 0 Å². The Balaban J connectivity index is 2.61. The highest BCUT2D eigenvalue weighted by molar-refractivity contribution is 7.00. The molecule has 0 fully saturated rings. The summed E-state index contributed by atoms with van der Waals surface area (Å²) >= 11 is 1.10. The normalized spacial score (nSPS) is 10.2. The zero-order valence-electron chi connectivity index (χ0n) is 9.02. The molecule has 0 aliphatic carbocycles. The van der Waals surface area contributed by atoms with Gasteiger partial charge in [-0.1, -0.05) is 25.7 Å². The van der Waals surface area contributed by atoms with Crippen LogP contribution in [0.4, 0.5) is 0 Å². The summed E-state index contributed by atoms with van der Waals surface area (Å²) in [4.78, 5) is 10.8. The van der Waals surface area contributed by atoms with Gasteiger partial charge in [0.15, 0.2) is 6.29 Å². The smallest absolute Gasteiger partial charge is 0.152 e. The van der Waals surface area contributed by atoms with Crippen molar-refractivity contribution in [3.8, 4) is 11.8 Å². The first-order chi connectivity index (χ1) is 7.72. The molecule has 0 bridgehead atoms. The van der Waals surface area contributed by atoms with Gasteiger partial charge in [-0.25, -0.2) is 0 Å². The molecule has 2 rings (SSSR count). The topological polar surface area (TPSA) is 42.9 Å². The molecule has 1 heterocycles. The predicted molar refractivity (Wildman–Crippen MR) is 64.5 cm³/mol. The van der Waals surface area contributed by atoms with Crippen LogP contribution < -0.4 is 0 Å². The minimum atomic E-state index is 0.312. The van der Waals surface area contributed by atoms with E-state index in [0.717, 1.165) is 29.1 Å². The second-order valence-corrected chi connectivity index (χ2v) is 4.23. The molecule has 1 aromatic heterocycles. The molecule has 0 radical (unpaired) electrons. The molecule has 2 aromatic rings. The highest BCUT2D eigenvalue weighted by atomic mass is 32.1. The van der Waals surface area contributed by atoms with Gasteiger partial charge in [-0.2, -0.15) is 8.75 Å². The van der Waals surface area contributed by atoms with E-state index in [-0.39, 0.29) is 0 Å². The Hall–Kier alpha value is -1.73. The Bertz CT molecular complexity index is 590. The van der Waals surface area contributed by atoms with Crippen LogP contribution in [-0.4, -0.2) is 15.0 Å². The predicted octanol–water partition coefficient (Wildman–Crippen LogP) is 2.51. The number of carbonyl (C=O) groups is 1. The Morgan fingerprint density at radius 3 is 2.75 bits per heavy atom. The van der Waals surface area contributed by atoms with Crippen molar-refractivity contribution in [1.29, 1.82) is 0 Å². The molecule has 0 N–H and O–H groups in total. The SMILES string of the molecule is CC(C)C#Cc1ccc(C=O)c2nsnc12. The molecule has 1 aromatic carbocycles. The van der Waals surface area contributed by atoms with E-state index >= 15 is 0 Å². The number of fused-ring (bicyclic) bond motifs is 1. The van der Waals surface area contributed by atoms with Gasteiger partial charge in [-0.15, -0.1) is 0 Å². The van der Waals surface area contributed by atoms with Gasteiger partial charge >= 0.3 is 0 Å². The lowest BCUT2D eigenvalue weighted by atomic mass is 10.1. The number of benzene rings is 1. The van der Waals surface area contributed by atoms with E-state index in [1.807, 2.05) is 19.9 Å². The monoisotopic (exact) mass is 230 g/mol. The van der Waals surface area contributed by atoms with Crippen LogP contribution >= 0.6 is 11.7 Å². The second kappa shape index (κ2) is 4.42. The van der Waals surface area contributed by atoms with Gasteiger partial charge in [0.1, 0.15) is 11.0 Å². The van der Waals surface area contributed by atoms with E-state index < -0.39 is 0 Å². The molecule has 80 valence electrons. The minimum Gasteiger partial charge on any atom is -0.298 e. The number of hydrogen-bond donors (Lipinski definition) is 0. The lowest BCUT2D eigenvalue weighted by Crippen LogP contribution is -1.87. The summed E-state index contributed by atoms with van der Waals surface area (Å²) in [5.41, 5.74) is 2.78. The zero-order chi connectivity index (χ0) is 11.5. The van der Waals surface area contributed by atoms with Crippen LogP contribution in [0.1, 0.15) is 29.8 Å². The second-order valence-electron chi connectivity index (χ2n) is 3.71. The van der Waals surface area contributed by atoms with Crippen molar-refractivity contribution in [1.82, 2.24) is 8.75 Å². The summed E-state index contributed by atoms with van der Waals surface area (Å²) in [7, 11) is 0. The van der Waals surface area contributed by atoms with Crippen LogP contribution in [0.2, 0.25) is 0 Å². The molecule has 0 atom stereocenters. The Morgan fingerprint density at radius 2 is 2.06 bits per heavy atom. The summed E-state index contributed by atoms with van der Waals surface area (Å²) < 4.78 is 8.28. The highest BCUT2D eigenvalue weighted by Crippen LogP contribution is 2.19. The molecule has 0 spiro atoms. The first-order valence-corrected chi connectivity index (χ1v) is 5.67. The van der Waals surface area contributed by atoms with Gasteiger partial charge in [-0.3, -0.25) is 4.79 Å². The Kier molecular flexibility index (Phi) is 2.97. The molecule has 0 unspecified atom stereocenters. The van der Waals surface area contributed by atoms with Gasteiger partial charge in [0.2, 0.25) is 0 Å². The van der Waals surface area contributed by atoms with Crippen molar-refractivity contribution < 1.29 is 4.79 Å². The molecular weight excluding hydrogens is 220 g/mol. The molecule has 0 aliphatic heterocycles. The standard InChI is InChI=1S/C12H10N2OS/c1-8(2)3-4-9-5-6-10(7-15)12-11(9)13-16-14-12/h5-8H,1-2H3. The summed E-state index contributed by atoms with van der Waals surface area (Å²) in [6.45, 7) is 4.06. The van der Waals surface area contributed by atoms with Crippen molar-refractivity contribution in [2.24, 2.45) is 5.92 Å². The first-order valence-electron chi connectivity index (χ1n) is 4.94. The maximum atomic E-state index is 10.8. The van der Waals surface area contributed by atoms with E-state index in [4.69, 9.17) is 0 Å². The quantitative estimate of drug-likeness (QED) is 0.558. The largest absolute Gasteiger partial charge is 0.298 e. The summed E-state index contributed by atoms with van der Waals surface area (Å²) in [5.74, 6) is 6.45. The number of nitrogens with zero attached hydrogens (tertiary/aromatic N) is 2. The molecule has 0 saturated heterocycles. The molecule has 0 aliphatic rings. The van der Waals surface area contributed by atoms with Crippen LogP contribution in [-0.2, 0) is 0 Å². The fourth-order valence-corrected chi connectivity index (χ4v) is 1.88. The lowest BCUT2D eigenvalue weighted by molar-refractivity contribution is 0.112. The molecule has 4 heteroatoms. The fraction of sp³-hybridized carbons (Fsp3) is 0.250. The molecule has 16 heavy (non-hydrogen) atoms. The highest BCUT2D eigenvalue weighted by Gasteiger charge is 2.08. The molecule has 3 nitrogen and oxygen atoms in total. The summed E-state index contributed by atoms with van der Waals surface area (Å²) in [6.07, 6.45) is 0.795. The summed E-state index contributed by atoms with van der Waals surface area (Å²) in [5, 5.41) is 0. The van der Waals surface area contributed by atoms with Crippen molar-refractivity contribution in [3.05, 3.63) is 23.3 Å². The zero-order valence-corrected chi connectivity index (χ0v) is 9.84.